The molecule has 15 heavy (non-hydrogen) atoms. The summed E-state index contributed by atoms with van der Waals surface area (Å²) in [7, 11) is 0. The molecule has 0 aromatic heterocycles. The third-order valence-electron chi connectivity index (χ3n) is 2.50. The lowest BCUT2D eigenvalue weighted by Crippen LogP contribution is -2.25. The highest BCUT2D eigenvalue weighted by atomic mass is 79.9. The van der Waals surface area contributed by atoms with Crippen molar-refractivity contribution in [1.29, 1.82) is 0 Å². The van der Waals surface area contributed by atoms with Gasteiger partial charge in [-0.05, 0) is 49.6 Å². The first kappa shape index (κ1) is 11.3. The van der Waals surface area contributed by atoms with E-state index in [4.69, 9.17) is 0 Å². The van der Waals surface area contributed by atoms with Crippen LogP contribution in [0.15, 0.2) is 27.1 Å². The topological polar surface area (TPSA) is 41.1 Å². The van der Waals surface area contributed by atoms with Gasteiger partial charge in [-0.3, -0.25) is 5.43 Å². The molecule has 0 spiro atoms. The summed E-state index contributed by atoms with van der Waals surface area (Å²) in [5, 5.41) is 0. The number of rotatable bonds is 2. The van der Waals surface area contributed by atoms with Crippen LogP contribution < -0.4 is 10.9 Å². The molecule has 0 saturated carbocycles. The van der Waals surface area contributed by atoms with E-state index in [1.165, 1.54) is 0 Å². The molecule has 0 aliphatic carbocycles. The Morgan fingerprint density at radius 1 is 1.33 bits per heavy atom. The van der Waals surface area contributed by atoms with Crippen LogP contribution in [0.25, 0.3) is 0 Å². The molecule has 1 aromatic rings. The maximum atomic E-state index is 10.8. The van der Waals surface area contributed by atoms with Crippen LogP contribution in [0.4, 0.5) is 0 Å². The van der Waals surface area contributed by atoms with Gasteiger partial charge in [-0.1, -0.05) is 6.07 Å². The fraction of sp³-hybridized carbons (Fsp3) is 0.300. The first-order valence-electron chi connectivity index (χ1n) is 4.61. The van der Waals surface area contributed by atoms with Crippen LogP contribution in [0.5, 0.6) is 0 Å². The smallest absolute Gasteiger partial charge is 0.126 e. The van der Waals surface area contributed by atoms with Gasteiger partial charge in [0, 0.05) is 21.4 Å². The molecule has 0 radical (unpaired) electrons. The molecule has 80 valence electrons. The zero-order valence-corrected chi connectivity index (χ0v) is 11.0. The number of hydrazine groups is 1. The van der Waals surface area contributed by atoms with Gasteiger partial charge >= 0.3 is 0 Å². The van der Waals surface area contributed by atoms with Gasteiger partial charge in [0.1, 0.15) is 6.29 Å². The summed E-state index contributed by atoms with van der Waals surface area (Å²) in [6.45, 7) is 0.682. The minimum Gasteiger partial charge on any atom is -0.303 e. The van der Waals surface area contributed by atoms with Crippen molar-refractivity contribution < 1.29 is 4.79 Å². The summed E-state index contributed by atoms with van der Waals surface area (Å²) in [6, 6.07) is 6.06. The number of carbonyl (C=O) groups excluding carboxylic acids is 1. The van der Waals surface area contributed by atoms with Gasteiger partial charge in [0.25, 0.3) is 0 Å². The molecule has 1 aliphatic heterocycles. The summed E-state index contributed by atoms with van der Waals surface area (Å²) in [6.07, 6.45) is 0.994. The maximum Gasteiger partial charge on any atom is 0.126 e. The molecule has 1 aromatic carbocycles. The second-order valence-electron chi connectivity index (χ2n) is 3.48. The minimum absolute atomic E-state index is 0.00178. The fourth-order valence-electron chi connectivity index (χ4n) is 1.67. The van der Waals surface area contributed by atoms with E-state index in [0.717, 1.165) is 20.8 Å². The van der Waals surface area contributed by atoms with E-state index >= 15 is 0 Å². The first-order chi connectivity index (χ1) is 7.22. The Kier molecular flexibility index (Phi) is 3.56. The Bertz CT molecular complexity index is 384. The van der Waals surface area contributed by atoms with Crippen LogP contribution in [-0.4, -0.2) is 12.8 Å². The summed E-state index contributed by atoms with van der Waals surface area (Å²) < 4.78 is 2.01. The Hall–Kier alpha value is -0.230. The van der Waals surface area contributed by atoms with Crippen LogP contribution in [0, 0.1) is 5.92 Å². The Morgan fingerprint density at radius 3 is 2.80 bits per heavy atom. The summed E-state index contributed by atoms with van der Waals surface area (Å²) in [4.78, 5) is 10.8. The number of halogens is 2. The van der Waals surface area contributed by atoms with Gasteiger partial charge in [-0.2, -0.15) is 0 Å². The predicted octanol–water partition coefficient (Wildman–Crippen LogP) is 2.18. The summed E-state index contributed by atoms with van der Waals surface area (Å²) in [5.41, 5.74) is 7.20. The van der Waals surface area contributed by atoms with E-state index < -0.39 is 0 Å². The second-order valence-corrected chi connectivity index (χ2v) is 5.19. The fourth-order valence-corrected chi connectivity index (χ4v) is 2.32. The number of aldehydes is 1. The van der Waals surface area contributed by atoms with Crippen LogP contribution in [0.2, 0.25) is 0 Å². The van der Waals surface area contributed by atoms with E-state index in [2.05, 4.69) is 42.7 Å². The monoisotopic (exact) mass is 332 g/mol. The number of benzene rings is 1. The number of nitrogens with one attached hydrogen (secondary N) is 2. The van der Waals surface area contributed by atoms with Gasteiger partial charge in [-0.25, -0.2) is 5.43 Å². The molecule has 1 heterocycles. The Morgan fingerprint density at radius 2 is 2.13 bits per heavy atom. The van der Waals surface area contributed by atoms with E-state index in [9.17, 15) is 4.79 Å². The van der Waals surface area contributed by atoms with Gasteiger partial charge in [0.05, 0.1) is 6.04 Å². The van der Waals surface area contributed by atoms with E-state index in [-0.39, 0.29) is 12.0 Å². The van der Waals surface area contributed by atoms with Gasteiger partial charge in [0.15, 0.2) is 0 Å². The molecule has 0 bridgehead atoms. The quantitative estimate of drug-likeness (QED) is 0.815. The largest absolute Gasteiger partial charge is 0.303 e. The van der Waals surface area contributed by atoms with E-state index in [1.807, 2.05) is 18.2 Å². The molecule has 1 aliphatic rings. The average molecular weight is 334 g/mol. The lowest BCUT2D eigenvalue weighted by atomic mass is 9.96. The standard InChI is InChI=1S/C10H10Br2N2O/c11-8-2-1-6(3-9(8)12)10-7(5-15)4-13-14-10/h1-3,5,7,10,13-14H,4H2. The van der Waals surface area contributed by atoms with Crippen LogP contribution in [0.1, 0.15) is 11.6 Å². The van der Waals surface area contributed by atoms with Crippen molar-refractivity contribution in [1.82, 2.24) is 10.9 Å². The predicted molar refractivity (Wildman–Crippen MR) is 65.3 cm³/mol. The Labute approximate surface area is 105 Å². The molecule has 2 unspecified atom stereocenters. The van der Waals surface area contributed by atoms with Crippen LogP contribution >= 0.6 is 31.9 Å². The number of carbonyl (C=O) groups is 1. The molecule has 1 saturated heterocycles. The van der Waals surface area contributed by atoms with Crippen LogP contribution in [0.3, 0.4) is 0 Å². The lowest BCUT2D eigenvalue weighted by molar-refractivity contribution is -0.111. The normalized spacial score (nSPS) is 25.5. The van der Waals surface area contributed by atoms with Crippen molar-refractivity contribution in [3.8, 4) is 0 Å². The molecule has 1 fully saturated rings. The van der Waals surface area contributed by atoms with E-state index in [1.54, 1.807) is 0 Å². The molecule has 0 amide bonds. The SMILES string of the molecule is O=CC1CNNC1c1ccc(Br)c(Br)c1. The minimum atomic E-state index is -0.00178. The van der Waals surface area contributed by atoms with Gasteiger partial charge in [0.2, 0.25) is 0 Å². The van der Waals surface area contributed by atoms with Crippen molar-refractivity contribution in [3.05, 3.63) is 32.7 Å². The molecular weight excluding hydrogens is 324 g/mol. The Balaban J connectivity index is 2.28. The second kappa shape index (κ2) is 4.74. The number of hydrogen-bond acceptors (Lipinski definition) is 3. The molecule has 3 nitrogen and oxygen atoms in total. The average Bonchev–Trinajstić information content (AvgIpc) is 2.70. The zero-order chi connectivity index (χ0) is 10.8. The highest BCUT2D eigenvalue weighted by molar-refractivity contribution is 9.13. The molecule has 2 N–H and O–H groups in total. The van der Waals surface area contributed by atoms with Crippen molar-refractivity contribution in [2.75, 3.05) is 6.54 Å². The lowest BCUT2D eigenvalue weighted by Gasteiger charge is -2.14. The third kappa shape index (κ3) is 2.30. The highest BCUT2D eigenvalue weighted by Crippen LogP contribution is 2.29. The number of hydrogen-bond donors (Lipinski definition) is 2. The van der Waals surface area contributed by atoms with Gasteiger partial charge < -0.3 is 4.79 Å². The van der Waals surface area contributed by atoms with Crippen molar-refractivity contribution in [3.63, 3.8) is 0 Å². The zero-order valence-electron chi connectivity index (χ0n) is 7.84. The maximum absolute atomic E-state index is 10.8. The highest BCUT2D eigenvalue weighted by Gasteiger charge is 2.27. The van der Waals surface area contributed by atoms with Crippen molar-refractivity contribution in [2.45, 2.75) is 6.04 Å². The van der Waals surface area contributed by atoms with Crippen LogP contribution in [-0.2, 0) is 4.79 Å². The third-order valence-corrected chi connectivity index (χ3v) is 4.38. The summed E-state index contributed by atoms with van der Waals surface area (Å²) in [5.74, 6) is -0.00178. The first-order valence-corrected chi connectivity index (χ1v) is 6.19. The van der Waals surface area contributed by atoms with E-state index in [0.29, 0.717) is 6.54 Å². The van der Waals surface area contributed by atoms with Crippen molar-refractivity contribution >= 4 is 38.1 Å². The van der Waals surface area contributed by atoms with Gasteiger partial charge in [-0.15, -0.1) is 0 Å². The molecular formula is C10H10Br2N2O. The molecule has 5 heteroatoms. The summed E-state index contributed by atoms with van der Waals surface area (Å²) >= 11 is 6.87. The molecule has 2 rings (SSSR count). The van der Waals surface area contributed by atoms with Crippen molar-refractivity contribution in [2.24, 2.45) is 5.92 Å². The molecule has 2 atom stereocenters.